The maximum Gasteiger partial charge on any atom is 0.261 e. The fourth-order valence-corrected chi connectivity index (χ4v) is 4.89. The fourth-order valence-electron chi connectivity index (χ4n) is 3.41. The summed E-state index contributed by atoms with van der Waals surface area (Å²) in [7, 11) is 0. The van der Waals surface area contributed by atoms with E-state index in [4.69, 9.17) is 9.72 Å². The molecule has 1 unspecified atom stereocenters. The van der Waals surface area contributed by atoms with Crippen LogP contribution in [0.5, 0.6) is 0 Å². The maximum absolute atomic E-state index is 13.4. The van der Waals surface area contributed by atoms with E-state index < -0.39 is 0 Å². The summed E-state index contributed by atoms with van der Waals surface area (Å²) in [6.07, 6.45) is 3.01. The van der Waals surface area contributed by atoms with Gasteiger partial charge < -0.3 is 4.74 Å². The maximum atomic E-state index is 13.4. The summed E-state index contributed by atoms with van der Waals surface area (Å²) >= 11 is 5.08. The minimum Gasteiger partial charge on any atom is -0.376 e. The molecule has 1 fully saturated rings. The summed E-state index contributed by atoms with van der Waals surface area (Å²) in [4.78, 5) is 20.0. The first kappa shape index (κ1) is 18.6. The van der Waals surface area contributed by atoms with Crippen LogP contribution in [0.15, 0.2) is 46.9 Å². The van der Waals surface area contributed by atoms with Crippen LogP contribution in [0.25, 0.3) is 10.2 Å². The first-order valence-electron chi connectivity index (χ1n) is 9.23. The molecule has 4 rings (SSSR count). The predicted octanol–water partition coefficient (Wildman–Crippen LogP) is 5.45. The largest absolute Gasteiger partial charge is 0.376 e. The van der Waals surface area contributed by atoms with E-state index in [1.54, 1.807) is 16.2 Å². The van der Waals surface area contributed by atoms with Crippen LogP contribution in [-0.2, 0) is 11.2 Å². The molecule has 0 aliphatic carbocycles. The quantitative estimate of drug-likeness (QED) is 0.525. The standard InChI is InChI=1S/C21H21BrN2O2S/c1-2-14-7-5-11-18-19(14)23-21(27-18)24(13-15-8-6-12-26-15)20(25)16-9-3-4-10-17(16)22/h3-5,7,9-11,15H,2,6,8,12-13H2,1H3. The molecular weight excluding hydrogens is 424 g/mol. The molecule has 0 bridgehead atoms. The number of carbonyl (C=O) groups excluding carboxylic acids is 1. The smallest absolute Gasteiger partial charge is 0.261 e. The van der Waals surface area contributed by atoms with Gasteiger partial charge in [0.05, 0.1) is 28.4 Å². The van der Waals surface area contributed by atoms with Gasteiger partial charge in [-0.2, -0.15) is 0 Å². The molecule has 140 valence electrons. The lowest BCUT2D eigenvalue weighted by Gasteiger charge is -2.23. The van der Waals surface area contributed by atoms with E-state index in [1.165, 1.54) is 5.56 Å². The highest BCUT2D eigenvalue weighted by atomic mass is 79.9. The summed E-state index contributed by atoms with van der Waals surface area (Å²) in [5.41, 5.74) is 2.85. The Morgan fingerprint density at radius 1 is 1.30 bits per heavy atom. The second-order valence-electron chi connectivity index (χ2n) is 6.64. The van der Waals surface area contributed by atoms with Crippen molar-refractivity contribution in [3.63, 3.8) is 0 Å². The average Bonchev–Trinajstić information content (AvgIpc) is 3.35. The normalized spacial score (nSPS) is 16.7. The molecule has 1 aromatic heterocycles. The summed E-state index contributed by atoms with van der Waals surface area (Å²) in [5.74, 6) is -0.0462. The number of fused-ring (bicyclic) bond motifs is 1. The second kappa shape index (κ2) is 8.09. The number of anilines is 1. The number of ether oxygens (including phenoxy) is 1. The van der Waals surface area contributed by atoms with Gasteiger partial charge in [-0.3, -0.25) is 9.69 Å². The average molecular weight is 445 g/mol. The molecule has 1 amide bonds. The lowest BCUT2D eigenvalue weighted by molar-refractivity contribution is 0.0917. The monoisotopic (exact) mass is 444 g/mol. The van der Waals surface area contributed by atoms with E-state index in [1.807, 2.05) is 24.3 Å². The Labute approximate surface area is 171 Å². The summed E-state index contributed by atoms with van der Waals surface area (Å²) in [6.45, 7) is 3.42. The van der Waals surface area contributed by atoms with E-state index >= 15 is 0 Å². The van der Waals surface area contributed by atoms with Crippen LogP contribution >= 0.6 is 27.3 Å². The highest BCUT2D eigenvalue weighted by molar-refractivity contribution is 9.10. The van der Waals surface area contributed by atoms with Gasteiger partial charge in [0.15, 0.2) is 5.13 Å². The number of thiazole rings is 1. The number of aromatic nitrogens is 1. The van der Waals surface area contributed by atoms with Crippen molar-refractivity contribution < 1.29 is 9.53 Å². The van der Waals surface area contributed by atoms with Crippen molar-refractivity contribution in [3.8, 4) is 0 Å². The Morgan fingerprint density at radius 2 is 2.15 bits per heavy atom. The number of aryl methyl sites for hydroxylation is 1. The first-order chi connectivity index (χ1) is 13.2. The Balaban J connectivity index is 1.75. The minimum absolute atomic E-state index is 0.0462. The van der Waals surface area contributed by atoms with Crippen molar-refractivity contribution in [2.24, 2.45) is 0 Å². The molecule has 4 nitrogen and oxygen atoms in total. The molecule has 1 aliphatic rings. The number of rotatable bonds is 5. The topological polar surface area (TPSA) is 42.4 Å². The van der Waals surface area contributed by atoms with Crippen LogP contribution in [0.3, 0.4) is 0 Å². The second-order valence-corrected chi connectivity index (χ2v) is 8.51. The molecule has 27 heavy (non-hydrogen) atoms. The number of amides is 1. The molecule has 3 aromatic rings. The Kier molecular flexibility index (Phi) is 5.57. The molecule has 1 atom stereocenters. The number of nitrogens with zero attached hydrogens (tertiary/aromatic N) is 2. The van der Waals surface area contributed by atoms with Gasteiger partial charge >= 0.3 is 0 Å². The van der Waals surface area contributed by atoms with Crippen LogP contribution in [0.2, 0.25) is 0 Å². The molecule has 1 saturated heterocycles. The van der Waals surface area contributed by atoms with Crippen molar-refractivity contribution >= 4 is 48.5 Å². The third-order valence-electron chi connectivity index (χ3n) is 4.86. The summed E-state index contributed by atoms with van der Waals surface area (Å²) in [6, 6.07) is 13.8. The Morgan fingerprint density at radius 3 is 2.89 bits per heavy atom. The van der Waals surface area contributed by atoms with Crippen LogP contribution in [-0.4, -0.2) is 30.1 Å². The highest BCUT2D eigenvalue weighted by Gasteiger charge is 2.28. The molecule has 0 radical (unpaired) electrons. The number of hydrogen-bond acceptors (Lipinski definition) is 4. The highest BCUT2D eigenvalue weighted by Crippen LogP contribution is 2.33. The van der Waals surface area contributed by atoms with Crippen LogP contribution < -0.4 is 4.90 Å². The van der Waals surface area contributed by atoms with Crippen LogP contribution in [0.4, 0.5) is 5.13 Å². The van der Waals surface area contributed by atoms with Gasteiger partial charge in [-0.05, 0) is 59.0 Å². The van der Waals surface area contributed by atoms with Crippen LogP contribution in [0, 0.1) is 0 Å². The Hall–Kier alpha value is -1.76. The predicted molar refractivity (Wildman–Crippen MR) is 114 cm³/mol. The number of para-hydroxylation sites is 1. The zero-order valence-electron chi connectivity index (χ0n) is 15.2. The molecule has 0 N–H and O–H groups in total. The molecule has 2 aromatic carbocycles. The van der Waals surface area contributed by atoms with Gasteiger partial charge in [0.1, 0.15) is 0 Å². The van der Waals surface area contributed by atoms with Crippen molar-refractivity contribution in [2.75, 3.05) is 18.1 Å². The minimum atomic E-state index is -0.0462. The first-order valence-corrected chi connectivity index (χ1v) is 10.8. The van der Waals surface area contributed by atoms with Gasteiger partial charge in [-0.1, -0.05) is 42.5 Å². The van der Waals surface area contributed by atoms with Crippen molar-refractivity contribution in [3.05, 3.63) is 58.1 Å². The van der Waals surface area contributed by atoms with E-state index in [-0.39, 0.29) is 12.0 Å². The SMILES string of the molecule is CCc1cccc2sc(N(CC3CCCO3)C(=O)c3ccccc3Br)nc12. The van der Waals surface area contributed by atoms with Gasteiger partial charge in [0.25, 0.3) is 5.91 Å². The van der Waals surface area contributed by atoms with E-state index in [9.17, 15) is 4.79 Å². The van der Waals surface area contributed by atoms with Gasteiger partial charge in [0.2, 0.25) is 0 Å². The lowest BCUT2D eigenvalue weighted by Crippen LogP contribution is -2.37. The van der Waals surface area contributed by atoms with Crippen molar-refractivity contribution in [1.29, 1.82) is 0 Å². The van der Waals surface area contributed by atoms with Gasteiger partial charge in [-0.15, -0.1) is 0 Å². The molecule has 2 heterocycles. The zero-order valence-corrected chi connectivity index (χ0v) is 17.6. The Bertz CT molecular complexity index is 966. The molecule has 6 heteroatoms. The number of hydrogen-bond donors (Lipinski definition) is 0. The third kappa shape index (κ3) is 3.79. The summed E-state index contributed by atoms with van der Waals surface area (Å²) in [5, 5.41) is 0.738. The van der Waals surface area contributed by atoms with Crippen molar-refractivity contribution in [1.82, 2.24) is 4.98 Å². The molecule has 0 saturated carbocycles. The van der Waals surface area contributed by atoms with Gasteiger partial charge in [0, 0.05) is 11.1 Å². The number of benzene rings is 2. The molecule has 1 aliphatic heterocycles. The zero-order chi connectivity index (χ0) is 18.8. The number of halogens is 1. The third-order valence-corrected chi connectivity index (χ3v) is 6.60. The summed E-state index contributed by atoms with van der Waals surface area (Å²) < 4.78 is 7.72. The van der Waals surface area contributed by atoms with E-state index in [2.05, 4.69) is 41.1 Å². The van der Waals surface area contributed by atoms with Crippen LogP contribution in [0.1, 0.15) is 35.7 Å². The van der Waals surface area contributed by atoms with E-state index in [0.29, 0.717) is 12.1 Å². The van der Waals surface area contributed by atoms with Crippen molar-refractivity contribution in [2.45, 2.75) is 32.3 Å². The number of carbonyl (C=O) groups is 1. The van der Waals surface area contributed by atoms with Gasteiger partial charge in [-0.25, -0.2) is 4.98 Å². The lowest BCUT2D eigenvalue weighted by atomic mass is 10.1. The van der Waals surface area contributed by atoms with E-state index in [0.717, 1.165) is 45.7 Å². The fraction of sp³-hybridized carbons (Fsp3) is 0.333. The molecular formula is C21H21BrN2O2S. The molecule has 0 spiro atoms.